The molecule has 0 spiro atoms. The van der Waals surface area contributed by atoms with E-state index < -0.39 is 0 Å². The number of halogens is 2. The van der Waals surface area contributed by atoms with Crippen LogP contribution < -0.4 is 0 Å². The maximum absolute atomic E-state index is 3.77. The van der Waals surface area contributed by atoms with Gasteiger partial charge in [-0.15, -0.1) is 0 Å². The monoisotopic (exact) mass is 372 g/mol. The summed E-state index contributed by atoms with van der Waals surface area (Å²) in [6.07, 6.45) is 7.02. The van der Waals surface area contributed by atoms with Gasteiger partial charge in [-0.05, 0) is 24.8 Å². The van der Waals surface area contributed by atoms with Gasteiger partial charge in [0.15, 0.2) is 0 Å². The number of aryl methyl sites for hydroxylation is 1. The fraction of sp³-hybridized carbons (Fsp3) is 0.625. The molecule has 1 aliphatic rings. The molecule has 0 N–H and O–H groups in total. The third-order valence-electron chi connectivity index (χ3n) is 4.33. The summed E-state index contributed by atoms with van der Waals surface area (Å²) in [7, 11) is 0. The standard InChI is InChI=1S/C16H22Br2/c1-13-6-8-15(9-7-13)16(11-17,12-18)10-14-4-2-3-5-14/h6-9,14H,2-5,10-12H2,1H3. The van der Waals surface area contributed by atoms with Crippen LogP contribution in [-0.2, 0) is 5.41 Å². The second-order valence-corrected chi connectivity index (χ2v) is 6.89. The largest absolute Gasteiger partial charge is 0.0918 e. The molecule has 1 aromatic carbocycles. The Labute approximate surface area is 128 Å². The summed E-state index contributed by atoms with van der Waals surface area (Å²) in [5.74, 6) is 0.918. The summed E-state index contributed by atoms with van der Waals surface area (Å²) >= 11 is 7.53. The third kappa shape index (κ3) is 3.19. The van der Waals surface area contributed by atoms with Gasteiger partial charge >= 0.3 is 0 Å². The van der Waals surface area contributed by atoms with Crippen LogP contribution in [0, 0.1) is 12.8 Å². The topological polar surface area (TPSA) is 0 Å². The van der Waals surface area contributed by atoms with Gasteiger partial charge in [0.2, 0.25) is 0 Å². The van der Waals surface area contributed by atoms with Crippen LogP contribution in [0.1, 0.15) is 43.2 Å². The van der Waals surface area contributed by atoms with E-state index >= 15 is 0 Å². The lowest BCUT2D eigenvalue weighted by Gasteiger charge is -2.33. The highest BCUT2D eigenvalue weighted by Gasteiger charge is 2.33. The van der Waals surface area contributed by atoms with Gasteiger partial charge in [0.1, 0.15) is 0 Å². The zero-order chi connectivity index (χ0) is 13.0. The molecule has 0 radical (unpaired) electrons. The Morgan fingerprint density at radius 1 is 1.06 bits per heavy atom. The Hall–Kier alpha value is 0.180. The lowest BCUT2D eigenvalue weighted by molar-refractivity contribution is 0.379. The van der Waals surface area contributed by atoms with Crippen molar-refractivity contribution >= 4 is 31.9 Å². The third-order valence-corrected chi connectivity index (χ3v) is 6.48. The molecular weight excluding hydrogens is 352 g/mol. The molecule has 1 fully saturated rings. The highest BCUT2D eigenvalue weighted by Crippen LogP contribution is 2.40. The average Bonchev–Trinajstić information content (AvgIpc) is 2.90. The van der Waals surface area contributed by atoms with Gasteiger partial charge in [0.25, 0.3) is 0 Å². The molecule has 0 heterocycles. The van der Waals surface area contributed by atoms with Crippen LogP contribution in [0.25, 0.3) is 0 Å². The van der Waals surface area contributed by atoms with Crippen LogP contribution in [0.5, 0.6) is 0 Å². The number of rotatable bonds is 5. The minimum absolute atomic E-state index is 0.267. The Morgan fingerprint density at radius 2 is 1.61 bits per heavy atom. The summed E-state index contributed by atoms with van der Waals surface area (Å²) in [5.41, 5.74) is 3.09. The molecule has 0 unspecified atom stereocenters. The molecule has 1 aliphatic carbocycles. The van der Waals surface area contributed by atoms with Crippen molar-refractivity contribution in [2.45, 2.75) is 44.4 Å². The molecule has 18 heavy (non-hydrogen) atoms. The molecule has 0 saturated heterocycles. The van der Waals surface area contributed by atoms with E-state index in [9.17, 15) is 0 Å². The van der Waals surface area contributed by atoms with Gasteiger partial charge in [-0.3, -0.25) is 0 Å². The first-order valence-electron chi connectivity index (χ1n) is 6.89. The molecule has 0 aromatic heterocycles. The summed E-state index contributed by atoms with van der Waals surface area (Å²) in [5, 5.41) is 2.09. The molecule has 0 nitrogen and oxygen atoms in total. The Morgan fingerprint density at radius 3 is 2.11 bits per heavy atom. The molecule has 2 heteroatoms. The molecule has 100 valence electrons. The van der Waals surface area contributed by atoms with Gasteiger partial charge < -0.3 is 0 Å². The maximum Gasteiger partial charge on any atom is 0.0149 e. The Balaban J connectivity index is 2.21. The van der Waals surface area contributed by atoms with Crippen LogP contribution in [0.4, 0.5) is 0 Å². The van der Waals surface area contributed by atoms with Crippen molar-refractivity contribution in [1.29, 1.82) is 0 Å². The zero-order valence-electron chi connectivity index (χ0n) is 11.1. The van der Waals surface area contributed by atoms with Crippen molar-refractivity contribution < 1.29 is 0 Å². The van der Waals surface area contributed by atoms with E-state index in [1.807, 2.05) is 0 Å². The molecule has 0 amide bonds. The van der Waals surface area contributed by atoms with Crippen LogP contribution in [0.3, 0.4) is 0 Å². The number of hydrogen-bond donors (Lipinski definition) is 0. The fourth-order valence-electron chi connectivity index (χ4n) is 3.09. The molecule has 0 atom stereocenters. The Bertz CT molecular complexity index is 359. The van der Waals surface area contributed by atoms with Gasteiger partial charge in [-0.25, -0.2) is 0 Å². The van der Waals surface area contributed by atoms with Crippen LogP contribution >= 0.6 is 31.9 Å². The summed E-state index contributed by atoms with van der Waals surface area (Å²) < 4.78 is 0. The molecule has 2 rings (SSSR count). The van der Waals surface area contributed by atoms with Crippen molar-refractivity contribution in [3.63, 3.8) is 0 Å². The van der Waals surface area contributed by atoms with E-state index in [0.717, 1.165) is 16.6 Å². The van der Waals surface area contributed by atoms with E-state index in [1.54, 1.807) is 0 Å². The maximum atomic E-state index is 3.77. The summed E-state index contributed by atoms with van der Waals surface area (Å²) in [4.78, 5) is 0. The smallest absolute Gasteiger partial charge is 0.0149 e. The highest BCUT2D eigenvalue weighted by atomic mass is 79.9. The average molecular weight is 374 g/mol. The van der Waals surface area contributed by atoms with Gasteiger partial charge in [0.05, 0.1) is 0 Å². The van der Waals surface area contributed by atoms with E-state index in [2.05, 4.69) is 63.0 Å². The lowest BCUT2D eigenvalue weighted by atomic mass is 9.76. The minimum Gasteiger partial charge on any atom is -0.0918 e. The highest BCUT2D eigenvalue weighted by molar-refractivity contribution is 9.09. The normalized spacial score (nSPS) is 17.3. The van der Waals surface area contributed by atoms with E-state index in [0.29, 0.717) is 0 Å². The lowest BCUT2D eigenvalue weighted by Crippen LogP contribution is -2.32. The summed E-state index contributed by atoms with van der Waals surface area (Å²) in [6, 6.07) is 9.10. The fourth-order valence-corrected chi connectivity index (χ4v) is 5.13. The molecule has 0 aliphatic heterocycles. The molecule has 1 saturated carbocycles. The molecular formula is C16H22Br2. The van der Waals surface area contributed by atoms with E-state index in [1.165, 1.54) is 43.2 Å². The SMILES string of the molecule is Cc1ccc(C(CBr)(CBr)CC2CCCC2)cc1. The zero-order valence-corrected chi connectivity index (χ0v) is 14.3. The van der Waals surface area contributed by atoms with Crippen molar-refractivity contribution in [1.82, 2.24) is 0 Å². The predicted octanol–water partition coefficient (Wildman–Crippen LogP) is 5.60. The quantitative estimate of drug-likeness (QED) is 0.589. The molecule has 0 bridgehead atoms. The van der Waals surface area contributed by atoms with Crippen molar-refractivity contribution in [2.75, 3.05) is 10.7 Å². The first-order valence-corrected chi connectivity index (χ1v) is 9.13. The van der Waals surface area contributed by atoms with Crippen molar-refractivity contribution in [3.05, 3.63) is 35.4 Å². The second-order valence-electron chi connectivity index (χ2n) is 5.77. The minimum atomic E-state index is 0.267. The van der Waals surface area contributed by atoms with Crippen molar-refractivity contribution in [3.8, 4) is 0 Å². The first-order chi connectivity index (χ1) is 8.70. The number of hydrogen-bond acceptors (Lipinski definition) is 0. The van der Waals surface area contributed by atoms with Crippen LogP contribution in [-0.4, -0.2) is 10.7 Å². The van der Waals surface area contributed by atoms with Gasteiger partial charge in [-0.1, -0.05) is 87.4 Å². The van der Waals surface area contributed by atoms with E-state index in [-0.39, 0.29) is 5.41 Å². The Kier molecular flexibility index (Phi) is 5.32. The van der Waals surface area contributed by atoms with Gasteiger partial charge in [0, 0.05) is 16.1 Å². The summed E-state index contributed by atoms with van der Waals surface area (Å²) in [6.45, 7) is 2.16. The van der Waals surface area contributed by atoms with E-state index in [4.69, 9.17) is 0 Å². The van der Waals surface area contributed by atoms with Crippen LogP contribution in [0.15, 0.2) is 24.3 Å². The second kappa shape index (κ2) is 6.56. The van der Waals surface area contributed by atoms with Gasteiger partial charge in [-0.2, -0.15) is 0 Å². The first kappa shape index (κ1) is 14.6. The number of alkyl halides is 2. The van der Waals surface area contributed by atoms with Crippen LogP contribution in [0.2, 0.25) is 0 Å². The molecule has 1 aromatic rings. The number of benzene rings is 1. The predicted molar refractivity (Wildman–Crippen MR) is 87.0 cm³/mol. The van der Waals surface area contributed by atoms with Crippen molar-refractivity contribution in [2.24, 2.45) is 5.92 Å².